The van der Waals surface area contributed by atoms with Gasteiger partial charge in [0, 0.05) is 0 Å². The molecule has 0 bridgehead atoms. The zero-order chi connectivity index (χ0) is 11.8. The van der Waals surface area contributed by atoms with Crippen molar-refractivity contribution in [1.82, 2.24) is 0 Å². The summed E-state index contributed by atoms with van der Waals surface area (Å²) in [6, 6.07) is 0. The van der Waals surface area contributed by atoms with E-state index in [0.717, 1.165) is 22.1 Å². The second-order valence-electron chi connectivity index (χ2n) is 5.56. The Morgan fingerprint density at radius 3 is 1.06 bits per heavy atom. The highest BCUT2D eigenvalue weighted by Crippen LogP contribution is 1.95. The summed E-state index contributed by atoms with van der Waals surface area (Å²) < 4.78 is 1.95. The Hall–Kier alpha value is -0.0200. The first-order valence-corrected chi connectivity index (χ1v) is 4.95. The number of hydrogen-bond donors (Lipinski definition) is 0. The van der Waals surface area contributed by atoms with E-state index in [1.807, 2.05) is 12.2 Å². The quantitative estimate of drug-likeness (QED) is 0.359. The lowest BCUT2D eigenvalue weighted by Gasteiger charge is -2.26. The number of rotatable bonds is 4. The summed E-state index contributed by atoms with van der Waals surface area (Å²) in [7, 11) is 12.8. The Labute approximate surface area is 115 Å². The molecule has 100 valence electrons. The number of likely N-dealkylation sites (N-methyl/N-ethyl adjacent to an activating group) is 1. The van der Waals surface area contributed by atoms with E-state index >= 15 is 0 Å². The Bertz CT molecular complexity index is 154. The molecule has 0 spiro atoms. The highest BCUT2D eigenvalue weighted by atomic mass is 35.5. The monoisotopic (exact) mass is 270 g/mol. The van der Waals surface area contributed by atoms with Gasteiger partial charge in [-0.1, -0.05) is 13.2 Å². The maximum Gasteiger partial charge on any atom is 0.0969 e. The standard InChI is InChI=1S/C8H16N.C4H12N.2ClH/c1-5-7-9(3,4)8-6-2;1-5(2,3)4;;/h5-6H,1-2,7-8H2,3-4H3;1-4H3;2*1H/q2*+1;;/p-2. The Kier molecular flexibility index (Phi) is 17.9. The molecular formula is C12H28Cl2N2. The first kappa shape index (κ1) is 25.0. The van der Waals surface area contributed by atoms with Gasteiger partial charge in [0.15, 0.2) is 0 Å². The maximum absolute atomic E-state index is 3.68. The maximum atomic E-state index is 3.68. The minimum Gasteiger partial charge on any atom is -1.00 e. The average molecular weight is 271 g/mol. The second kappa shape index (κ2) is 11.5. The molecule has 0 radical (unpaired) electrons. The molecule has 0 saturated heterocycles. The molecule has 0 heterocycles. The SMILES string of the molecule is C=CC[N+](C)(C)CC=C.C[N+](C)(C)C.[Cl-].[Cl-]. The van der Waals surface area contributed by atoms with Crippen LogP contribution in [0.15, 0.2) is 25.3 Å². The minimum atomic E-state index is 0. The Morgan fingerprint density at radius 1 is 0.750 bits per heavy atom. The van der Waals surface area contributed by atoms with E-state index in [0.29, 0.717) is 0 Å². The van der Waals surface area contributed by atoms with E-state index in [1.54, 1.807) is 0 Å². The summed E-state index contributed by atoms with van der Waals surface area (Å²) in [5.41, 5.74) is 0. The van der Waals surface area contributed by atoms with Crippen molar-refractivity contribution in [3.05, 3.63) is 25.3 Å². The topological polar surface area (TPSA) is 0 Å². The number of nitrogens with zero attached hydrogens (tertiary/aromatic N) is 2. The molecule has 0 aliphatic carbocycles. The molecule has 0 aromatic carbocycles. The van der Waals surface area contributed by atoms with E-state index in [-0.39, 0.29) is 24.8 Å². The van der Waals surface area contributed by atoms with Gasteiger partial charge >= 0.3 is 0 Å². The fraction of sp³-hybridized carbons (Fsp3) is 0.667. The summed E-state index contributed by atoms with van der Waals surface area (Å²) in [5, 5.41) is 0. The summed E-state index contributed by atoms with van der Waals surface area (Å²) in [6.45, 7) is 9.37. The molecule has 2 nitrogen and oxygen atoms in total. The fourth-order valence-corrected chi connectivity index (χ4v) is 0.774. The van der Waals surface area contributed by atoms with E-state index in [9.17, 15) is 0 Å². The van der Waals surface area contributed by atoms with Gasteiger partial charge in [-0.05, 0) is 12.2 Å². The van der Waals surface area contributed by atoms with Crippen molar-refractivity contribution in [2.75, 3.05) is 55.4 Å². The third-order valence-corrected chi connectivity index (χ3v) is 1.25. The van der Waals surface area contributed by atoms with Crippen molar-refractivity contribution in [1.29, 1.82) is 0 Å². The highest BCUT2D eigenvalue weighted by molar-refractivity contribution is 4.69. The third kappa shape index (κ3) is 37.0. The van der Waals surface area contributed by atoms with Crippen LogP contribution in [0.3, 0.4) is 0 Å². The van der Waals surface area contributed by atoms with Crippen LogP contribution in [0, 0.1) is 0 Å². The summed E-state index contributed by atoms with van der Waals surface area (Å²) in [6.07, 6.45) is 3.87. The number of hydrogen-bond acceptors (Lipinski definition) is 0. The minimum absolute atomic E-state index is 0. The lowest BCUT2D eigenvalue weighted by molar-refractivity contribution is -0.878. The van der Waals surface area contributed by atoms with Crippen molar-refractivity contribution in [2.45, 2.75) is 0 Å². The molecule has 0 aliphatic heterocycles. The van der Waals surface area contributed by atoms with Gasteiger partial charge in [-0.2, -0.15) is 0 Å². The van der Waals surface area contributed by atoms with Gasteiger partial charge in [0.05, 0.1) is 55.4 Å². The lowest BCUT2D eigenvalue weighted by atomic mass is 10.4. The van der Waals surface area contributed by atoms with Crippen LogP contribution in [-0.2, 0) is 0 Å². The van der Waals surface area contributed by atoms with E-state index < -0.39 is 0 Å². The van der Waals surface area contributed by atoms with Gasteiger partial charge in [-0.25, -0.2) is 0 Å². The predicted octanol–water partition coefficient (Wildman–Crippen LogP) is -4.23. The molecule has 0 aromatic rings. The van der Waals surface area contributed by atoms with Crippen molar-refractivity contribution in [3.8, 4) is 0 Å². The fourth-order valence-electron chi connectivity index (χ4n) is 0.774. The number of halogens is 2. The highest BCUT2D eigenvalue weighted by Gasteiger charge is 2.07. The van der Waals surface area contributed by atoms with Gasteiger partial charge < -0.3 is 33.8 Å². The largest absolute Gasteiger partial charge is 1.00 e. The zero-order valence-corrected chi connectivity index (χ0v) is 13.1. The van der Waals surface area contributed by atoms with Crippen LogP contribution in [0.2, 0.25) is 0 Å². The van der Waals surface area contributed by atoms with Crippen LogP contribution in [0.4, 0.5) is 0 Å². The smallest absolute Gasteiger partial charge is 0.0969 e. The molecular weight excluding hydrogens is 243 g/mol. The molecule has 0 unspecified atom stereocenters. The molecule has 16 heavy (non-hydrogen) atoms. The van der Waals surface area contributed by atoms with E-state index in [1.165, 1.54) is 0 Å². The van der Waals surface area contributed by atoms with Gasteiger partial charge in [-0.15, -0.1) is 0 Å². The van der Waals surface area contributed by atoms with Crippen LogP contribution < -0.4 is 24.8 Å². The molecule has 0 atom stereocenters. The molecule has 0 saturated carbocycles. The Morgan fingerprint density at radius 2 is 0.938 bits per heavy atom. The molecule has 0 fully saturated rings. The lowest BCUT2D eigenvalue weighted by Crippen LogP contribution is -3.00. The van der Waals surface area contributed by atoms with E-state index in [4.69, 9.17) is 0 Å². The first-order valence-electron chi connectivity index (χ1n) is 4.95. The molecule has 0 N–H and O–H groups in total. The van der Waals surface area contributed by atoms with Crippen molar-refractivity contribution < 1.29 is 33.8 Å². The van der Waals surface area contributed by atoms with Crippen LogP contribution in [0.1, 0.15) is 0 Å². The van der Waals surface area contributed by atoms with Gasteiger partial charge in [-0.3, -0.25) is 0 Å². The molecule has 0 amide bonds. The summed E-state index contributed by atoms with van der Waals surface area (Å²) in [4.78, 5) is 0. The molecule has 4 heteroatoms. The van der Waals surface area contributed by atoms with Crippen molar-refractivity contribution >= 4 is 0 Å². The van der Waals surface area contributed by atoms with Crippen LogP contribution >= 0.6 is 0 Å². The molecule has 0 aliphatic rings. The number of quaternary nitrogens is 2. The summed E-state index contributed by atoms with van der Waals surface area (Å²) >= 11 is 0. The normalized spacial score (nSPS) is 9.88. The molecule has 0 aromatic heterocycles. The Balaban J connectivity index is -0.0000000904. The van der Waals surface area contributed by atoms with Crippen molar-refractivity contribution in [3.63, 3.8) is 0 Å². The zero-order valence-electron chi connectivity index (χ0n) is 11.6. The summed E-state index contributed by atoms with van der Waals surface area (Å²) in [5.74, 6) is 0. The van der Waals surface area contributed by atoms with Gasteiger partial charge in [0.2, 0.25) is 0 Å². The first-order chi connectivity index (χ1) is 6.12. The van der Waals surface area contributed by atoms with Gasteiger partial charge in [0.1, 0.15) is 0 Å². The average Bonchev–Trinajstić information content (AvgIpc) is 1.81. The predicted molar refractivity (Wildman–Crippen MR) is 66.2 cm³/mol. The van der Waals surface area contributed by atoms with Crippen LogP contribution in [0.5, 0.6) is 0 Å². The van der Waals surface area contributed by atoms with Gasteiger partial charge in [0.25, 0.3) is 0 Å². The second-order valence-corrected chi connectivity index (χ2v) is 5.56. The van der Waals surface area contributed by atoms with Crippen LogP contribution in [0.25, 0.3) is 0 Å². The van der Waals surface area contributed by atoms with Crippen LogP contribution in [-0.4, -0.2) is 64.3 Å². The molecule has 0 rings (SSSR count). The van der Waals surface area contributed by atoms with Crippen molar-refractivity contribution in [2.24, 2.45) is 0 Å². The van der Waals surface area contributed by atoms with E-state index in [2.05, 4.69) is 55.4 Å². The third-order valence-electron chi connectivity index (χ3n) is 1.25.